The lowest BCUT2D eigenvalue weighted by Gasteiger charge is -2.24. The number of benzene rings is 1. The van der Waals surface area contributed by atoms with Crippen LogP contribution < -0.4 is 4.74 Å². The van der Waals surface area contributed by atoms with Gasteiger partial charge in [-0.3, -0.25) is 19.5 Å². The van der Waals surface area contributed by atoms with Crippen molar-refractivity contribution >= 4 is 17.9 Å². The average Bonchev–Trinajstić information content (AvgIpc) is 3.19. The Bertz CT molecular complexity index is 1320. The van der Waals surface area contributed by atoms with Gasteiger partial charge in [0.1, 0.15) is 5.75 Å². The molecule has 0 aliphatic carbocycles. The number of aryl methyl sites for hydroxylation is 1. The summed E-state index contributed by atoms with van der Waals surface area (Å²) in [6.07, 6.45) is 1.50. The number of para-hydroxylation sites is 2. The number of pyridine rings is 1. The molecule has 4 N–H and O–H groups in total. The van der Waals surface area contributed by atoms with Crippen molar-refractivity contribution in [2.75, 3.05) is 34.3 Å². The standard InChI is InChI=1S/C24H32N4O.C6H8O7/c1-19-15-22(20(2)28(19)23-10-6-7-11-24(23)29-5)18-27(14-13-26(3)4)17-21-9-8-12-25-16-21;7-3(8)1-6(13,5(11)12)2-4(9)10/h6-12,15-16H,13-14,17-18H2,1-5H3;13H,1-2H2,(H,7,8)(H,9,10)(H,11,12). The predicted molar refractivity (Wildman–Crippen MR) is 156 cm³/mol. The number of rotatable bonds is 14. The second kappa shape index (κ2) is 15.7. The third kappa shape index (κ3) is 9.98. The van der Waals surface area contributed by atoms with Gasteiger partial charge in [-0.05, 0) is 63.3 Å². The molecule has 0 saturated carbocycles. The fourth-order valence-electron chi connectivity index (χ4n) is 4.43. The summed E-state index contributed by atoms with van der Waals surface area (Å²) < 4.78 is 7.89. The molecule has 3 aromatic rings. The first-order chi connectivity index (χ1) is 19.8. The number of methoxy groups -OCH3 is 1. The number of likely N-dealkylation sites (N-methyl/N-ethyl adjacent to an activating group) is 1. The SMILES string of the molecule is COc1ccccc1-n1c(C)cc(CN(CCN(C)C)Cc2cccnc2)c1C.O=C(O)CC(O)(CC(=O)O)C(=O)O. The van der Waals surface area contributed by atoms with E-state index in [0.29, 0.717) is 0 Å². The predicted octanol–water partition coefficient (Wildman–Crippen LogP) is 2.81. The van der Waals surface area contributed by atoms with Gasteiger partial charge >= 0.3 is 17.9 Å². The van der Waals surface area contributed by atoms with Gasteiger partial charge in [-0.25, -0.2) is 4.79 Å². The van der Waals surface area contributed by atoms with Crippen LogP contribution in [-0.2, 0) is 27.5 Å². The number of carboxylic acid groups (broad SMARTS) is 3. The lowest BCUT2D eigenvalue weighted by atomic mass is 9.96. The van der Waals surface area contributed by atoms with Crippen LogP contribution in [0.15, 0.2) is 54.9 Å². The highest BCUT2D eigenvalue weighted by Gasteiger charge is 2.40. The zero-order chi connectivity index (χ0) is 31.4. The lowest BCUT2D eigenvalue weighted by molar-refractivity contribution is -0.170. The fourth-order valence-corrected chi connectivity index (χ4v) is 4.43. The number of nitrogens with zero attached hydrogens (tertiary/aromatic N) is 4. The summed E-state index contributed by atoms with van der Waals surface area (Å²) in [4.78, 5) is 39.5. The second-order valence-corrected chi connectivity index (χ2v) is 10.3. The summed E-state index contributed by atoms with van der Waals surface area (Å²) in [5.41, 5.74) is 3.41. The molecule has 0 radical (unpaired) electrons. The van der Waals surface area contributed by atoms with Crippen LogP contribution in [0, 0.1) is 13.8 Å². The summed E-state index contributed by atoms with van der Waals surface area (Å²) in [6.45, 7) is 8.17. The molecule has 0 fully saturated rings. The van der Waals surface area contributed by atoms with E-state index in [-0.39, 0.29) is 0 Å². The van der Waals surface area contributed by atoms with Gasteiger partial charge < -0.3 is 34.6 Å². The van der Waals surface area contributed by atoms with E-state index < -0.39 is 36.4 Å². The van der Waals surface area contributed by atoms with Crippen LogP contribution in [-0.4, -0.2) is 97.6 Å². The molecule has 0 unspecified atom stereocenters. The second-order valence-electron chi connectivity index (χ2n) is 10.3. The first-order valence-electron chi connectivity index (χ1n) is 13.2. The van der Waals surface area contributed by atoms with Gasteiger partial charge in [-0.2, -0.15) is 0 Å². The molecule has 0 spiro atoms. The zero-order valence-electron chi connectivity index (χ0n) is 24.6. The van der Waals surface area contributed by atoms with Crippen LogP contribution >= 0.6 is 0 Å². The first-order valence-corrected chi connectivity index (χ1v) is 13.2. The largest absolute Gasteiger partial charge is 0.495 e. The first kappa shape index (κ1) is 33.9. The number of ether oxygens (including phenoxy) is 1. The highest BCUT2D eigenvalue weighted by atomic mass is 16.5. The van der Waals surface area contributed by atoms with Crippen molar-refractivity contribution in [2.45, 2.75) is 45.4 Å². The minimum atomic E-state index is -2.74. The highest BCUT2D eigenvalue weighted by molar-refractivity contribution is 5.88. The highest BCUT2D eigenvalue weighted by Crippen LogP contribution is 2.28. The maximum Gasteiger partial charge on any atom is 0.336 e. The maximum absolute atomic E-state index is 10.3. The molecule has 0 aliphatic rings. The van der Waals surface area contributed by atoms with Crippen molar-refractivity contribution in [3.05, 3.63) is 77.4 Å². The number of hydrogen-bond donors (Lipinski definition) is 4. The molecule has 12 nitrogen and oxygen atoms in total. The number of aliphatic carboxylic acids is 3. The van der Waals surface area contributed by atoms with Gasteiger partial charge in [-0.15, -0.1) is 0 Å². The van der Waals surface area contributed by atoms with E-state index in [1.165, 1.54) is 22.5 Å². The Morgan fingerprint density at radius 2 is 1.60 bits per heavy atom. The van der Waals surface area contributed by atoms with Crippen LogP contribution in [0.2, 0.25) is 0 Å². The van der Waals surface area contributed by atoms with Crippen LogP contribution in [0.25, 0.3) is 5.69 Å². The van der Waals surface area contributed by atoms with Crippen LogP contribution in [0.5, 0.6) is 5.75 Å². The molecule has 0 saturated heterocycles. The van der Waals surface area contributed by atoms with Crippen molar-refractivity contribution in [2.24, 2.45) is 0 Å². The van der Waals surface area contributed by atoms with Crippen LogP contribution in [0.4, 0.5) is 0 Å². The number of carboxylic acids is 3. The van der Waals surface area contributed by atoms with E-state index in [1.807, 2.05) is 30.6 Å². The van der Waals surface area contributed by atoms with E-state index in [2.05, 4.69) is 71.6 Å². The van der Waals surface area contributed by atoms with Crippen molar-refractivity contribution < 1.29 is 39.5 Å². The molecule has 12 heteroatoms. The number of carbonyl (C=O) groups is 3. The topological polar surface area (TPSA) is 166 Å². The summed E-state index contributed by atoms with van der Waals surface area (Å²) in [5, 5.41) is 33.8. The molecule has 228 valence electrons. The molecule has 0 bridgehead atoms. The average molecular weight is 585 g/mol. The van der Waals surface area contributed by atoms with Crippen molar-refractivity contribution in [3.8, 4) is 11.4 Å². The summed E-state index contributed by atoms with van der Waals surface area (Å²) in [5.74, 6) is -4.13. The Labute approximate surface area is 245 Å². The number of aromatic nitrogens is 2. The summed E-state index contributed by atoms with van der Waals surface area (Å²) in [7, 11) is 5.97. The number of hydrogen-bond acceptors (Lipinski definition) is 8. The quantitative estimate of drug-likeness (QED) is 0.220. The van der Waals surface area contributed by atoms with Gasteiger partial charge in [0.2, 0.25) is 0 Å². The molecular formula is C30H40N4O8. The minimum absolute atomic E-state index is 0.889. The molecule has 42 heavy (non-hydrogen) atoms. The van der Waals surface area contributed by atoms with Crippen LogP contribution in [0.1, 0.15) is 35.4 Å². The van der Waals surface area contributed by atoms with Crippen molar-refractivity contribution in [1.29, 1.82) is 0 Å². The molecule has 0 aliphatic heterocycles. The van der Waals surface area contributed by atoms with E-state index in [0.717, 1.165) is 37.6 Å². The summed E-state index contributed by atoms with van der Waals surface area (Å²) in [6, 6.07) is 14.6. The van der Waals surface area contributed by atoms with Crippen LogP contribution in [0.3, 0.4) is 0 Å². The van der Waals surface area contributed by atoms with E-state index >= 15 is 0 Å². The zero-order valence-corrected chi connectivity index (χ0v) is 24.6. The molecular weight excluding hydrogens is 544 g/mol. The van der Waals surface area contributed by atoms with Crippen molar-refractivity contribution in [1.82, 2.24) is 19.4 Å². The fraction of sp³-hybridized carbons (Fsp3) is 0.400. The Morgan fingerprint density at radius 1 is 0.952 bits per heavy atom. The molecule has 1 aromatic carbocycles. The van der Waals surface area contributed by atoms with Gasteiger partial charge in [0, 0.05) is 50.0 Å². The molecule has 2 aromatic heterocycles. The molecule has 0 amide bonds. The van der Waals surface area contributed by atoms with E-state index in [4.69, 9.17) is 25.2 Å². The van der Waals surface area contributed by atoms with E-state index in [1.54, 1.807) is 7.11 Å². The van der Waals surface area contributed by atoms with Gasteiger partial charge in [-0.1, -0.05) is 18.2 Å². The Kier molecular flexibility index (Phi) is 12.7. The Morgan fingerprint density at radius 3 is 2.12 bits per heavy atom. The Balaban J connectivity index is 0.000000401. The maximum atomic E-state index is 10.3. The minimum Gasteiger partial charge on any atom is -0.495 e. The van der Waals surface area contributed by atoms with Gasteiger partial charge in [0.15, 0.2) is 5.60 Å². The smallest absolute Gasteiger partial charge is 0.336 e. The molecule has 0 atom stereocenters. The van der Waals surface area contributed by atoms with Gasteiger partial charge in [0.05, 0.1) is 25.6 Å². The summed E-state index contributed by atoms with van der Waals surface area (Å²) >= 11 is 0. The Hall–Kier alpha value is -4.26. The third-order valence-electron chi connectivity index (χ3n) is 6.53. The monoisotopic (exact) mass is 584 g/mol. The van der Waals surface area contributed by atoms with Gasteiger partial charge in [0.25, 0.3) is 0 Å². The van der Waals surface area contributed by atoms with E-state index in [9.17, 15) is 14.4 Å². The molecule has 3 rings (SSSR count). The number of aliphatic hydroxyl groups is 1. The lowest BCUT2D eigenvalue weighted by Crippen LogP contribution is -2.42. The third-order valence-corrected chi connectivity index (χ3v) is 6.53. The van der Waals surface area contributed by atoms with Crippen molar-refractivity contribution in [3.63, 3.8) is 0 Å². The molecule has 2 heterocycles. The normalized spacial score (nSPS) is 11.2.